The van der Waals surface area contributed by atoms with E-state index in [1.54, 1.807) is 43.3 Å². The first-order valence-corrected chi connectivity index (χ1v) is 13.0. The highest BCUT2D eigenvalue weighted by Gasteiger charge is 2.48. The van der Waals surface area contributed by atoms with Crippen molar-refractivity contribution in [1.82, 2.24) is 4.98 Å². The van der Waals surface area contributed by atoms with Crippen molar-refractivity contribution >= 4 is 45.9 Å². The molecule has 0 spiro atoms. The van der Waals surface area contributed by atoms with Gasteiger partial charge in [0.1, 0.15) is 23.0 Å². The third kappa shape index (κ3) is 5.36. The van der Waals surface area contributed by atoms with Gasteiger partial charge in [0.2, 0.25) is 0 Å². The van der Waals surface area contributed by atoms with Gasteiger partial charge in [0.15, 0.2) is 5.13 Å². The second-order valence-electron chi connectivity index (χ2n) is 8.54. The van der Waals surface area contributed by atoms with E-state index in [1.807, 2.05) is 6.92 Å². The van der Waals surface area contributed by atoms with Crippen LogP contribution in [0.25, 0.3) is 5.76 Å². The van der Waals surface area contributed by atoms with Gasteiger partial charge in [-0.15, -0.1) is 0 Å². The van der Waals surface area contributed by atoms with Crippen LogP contribution in [0.4, 0.5) is 5.13 Å². The second-order valence-corrected chi connectivity index (χ2v) is 9.52. The summed E-state index contributed by atoms with van der Waals surface area (Å²) >= 11 is 0.884. The number of hydrogen-bond acceptors (Lipinski definition) is 10. The maximum absolute atomic E-state index is 13.5. The Bertz CT molecular complexity index is 1520. The van der Waals surface area contributed by atoms with E-state index in [4.69, 9.17) is 14.2 Å². The summed E-state index contributed by atoms with van der Waals surface area (Å²) in [4.78, 5) is 57.1. The van der Waals surface area contributed by atoms with Crippen molar-refractivity contribution in [2.24, 2.45) is 0 Å². The number of amides is 1. The van der Waals surface area contributed by atoms with Gasteiger partial charge in [-0.3, -0.25) is 14.5 Å². The second kappa shape index (κ2) is 12.0. The van der Waals surface area contributed by atoms with Gasteiger partial charge in [-0.25, -0.2) is 14.6 Å². The summed E-state index contributed by atoms with van der Waals surface area (Å²) in [6, 6.07) is 11.5. The molecule has 40 heavy (non-hydrogen) atoms. The molecule has 0 saturated carbocycles. The van der Waals surface area contributed by atoms with Gasteiger partial charge in [0.05, 0.1) is 36.6 Å². The number of ketones is 1. The predicted octanol–water partition coefficient (Wildman–Crippen LogP) is 4.61. The number of anilines is 1. The Hall–Kier alpha value is -4.77. The van der Waals surface area contributed by atoms with E-state index < -0.39 is 35.4 Å². The molecule has 1 amide bonds. The minimum Gasteiger partial charge on any atom is -0.507 e. The first-order chi connectivity index (χ1) is 19.2. The van der Waals surface area contributed by atoms with Crippen LogP contribution in [0.15, 0.2) is 66.8 Å². The molecule has 3 aromatic rings. The summed E-state index contributed by atoms with van der Waals surface area (Å²) < 4.78 is 15.4. The zero-order valence-electron chi connectivity index (χ0n) is 22.0. The smallest absolute Gasteiger partial charge is 0.350 e. The van der Waals surface area contributed by atoms with E-state index in [-0.39, 0.29) is 33.3 Å². The molecular weight excluding hydrogens is 536 g/mol. The van der Waals surface area contributed by atoms with E-state index in [1.165, 1.54) is 25.3 Å². The van der Waals surface area contributed by atoms with Crippen LogP contribution in [0.3, 0.4) is 0 Å². The molecule has 1 aliphatic heterocycles. The molecule has 1 unspecified atom stereocenters. The lowest BCUT2D eigenvalue weighted by Gasteiger charge is -2.23. The lowest BCUT2D eigenvalue weighted by molar-refractivity contribution is -0.132. The lowest BCUT2D eigenvalue weighted by atomic mass is 9.94. The highest BCUT2D eigenvalue weighted by atomic mass is 32.1. The van der Waals surface area contributed by atoms with Crippen LogP contribution in [-0.4, -0.2) is 54.0 Å². The number of hydrogen-bond donors (Lipinski definition) is 1. The molecule has 4 rings (SSSR count). The first-order valence-electron chi connectivity index (χ1n) is 12.2. The van der Waals surface area contributed by atoms with Crippen molar-refractivity contribution < 1.29 is 38.5 Å². The zero-order chi connectivity index (χ0) is 29.0. The molecule has 1 saturated heterocycles. The van der Waals surface area contributed by atoms with Crippen LogP contribution in [-0.2, 0) is 19.1 Å². The number of aryl methyl sites for hydroxylation is 1. The fourth-order valence-electron chi connectivity index (χ4n) is 4.19. The number of carbonyl (C=O) groups is 4. The molecule has 1 fully saturated rings. The van der Waals surface area contributed by atoms with Crippen LogP contribution >= 0.6 is 11.3 Å². The number of thiazole rings is 1. The number of esters is 2. The maximum Gasteiger partial charge on any atom is 0.350 e. The van der Waals surface area contributed by atoms with Crippen LogP contribution in [0.5, 0.6) is 5.75 Å². The van der Waals surface area contributed by atoms with Crippen molar-refractivity contribution in [3.8, 4) is 5.75 Å². The number of aliphatic hydroxyl groups is 1. The number of aliphatic hydroxyl groups excluding tert-OH is 1. The topological polar surface area (TPSA) is 132 Å². The molecule has 0 radical (unpaired) electrons. The van der Waals surface area contributed by atoms with Crippen molar-refractivity contribution in [3.63, 3.8) is 0 Å². The molecule has 1 atom stereocenters. The van der Waals surface area contributed by atoms with E-state index in [9.17, 15) is 24.3 Å². The van der Waals surface area contributed by atoms with Gasteiger partial charge in [0.25, 0.3) is 5.78 Å². The molecule has 2 aromatic carbocycles. The molecule has 10 nitrogen and oxygen atoms in total. The fourth-order valence-corrected chi connectivity index (χ4v) is 5.18. The number of Topliss-reactive ketones (excluding diaryl/α,β-unsaturated/α-hetero) is 1. The van der Waals surface area contributed by atoms with Gasteiger partial charge >= 0.3 is 17.8 Å². The zero-order valence-corrected chi connectivity index (χ0v) is 22.8. The van der Waals surface area contributed by atoms with Crippen LogP contribution < -0.4 is 9.64 Å². The Morgan fingerprint density at radius 1 is 1.12 bits per heavy atom. The number of rotatable bonds is 9. The van der Waals surface area contributed by atoms with Crippen LogP contribution in [0.1, 0.15) is 49.8 Å². The summed E-state index contributed by atoms with van der Waals surface area (Å²) in [7, 11) is 1.25. The molecule has 1 N–H and O–H groups in total. The summed E-state index contributed by atoms with van der Waals surface area (Å²) in [6.07, 6.45) is 1.42. The monoisotopic (exact) mass is 562 g/mol. The minimum absolute atomic E-state index is 0.0105. The quantitative estimate of drug-likeness (QED) is 0.131. The molecular formula is C29H26N2O8S. The Morgan fingerprint density at radius 3 is 2.50 bits per heavy atom. The van der Waals surface area contributed by atoms with Gasteiger partial charge in [-0.05, 0) is 43.7 Å². The average Bonchev–Trinajstić information content (AvgIpc) is 3.47. The Balaban J connectivity index is 1.88. The maximum atomic E-state index is 13.5. The summed E-state index contributed by atoms with van der Waals surface area (Å²) in [6.45, 7) is 7.30. The number of aromatic nitrogens is 1. The third-order valence-electron chi connectivity index (χ3n) is 6.02. The van der Waals surface area contributed by atoms with Crippen molar-refractivity contribution in [2.75, 3.05) is 25.2 Å². The van der Waals surface area contributed by atoms with Gasteiger partial charge in [-0.2, -0.15) is 0 Å². The first kappa shape index (κ1) is 28.2. The van der Waals surface area contributed by atoms with Gasteiger partial charge < -0.3 is 19.3 Å². The lowest BCUT2D eigenvalue weighted by Crippen LogP contribution is -2.29. The number of methoxy groups -OCH3 is 1. The predicted molar refractivity (Wildman–Crippen MR) is 148 cm³/mol. The molecule has 0 aliphatic carbocycles. The van der Waals surface area contributed by atoms with Gasteiger partial charge in [0, 0.05) is 5.56 Å². The van der Waals surface area contributed by atoms with Crippen LogP contribution in [0.2, 0.25) is 0 Å². The Kier molecular flexibility index (Phi) is 8.44. The SMILES string of the molecule is C=CCOC(=O)c1sc(N2C(=O)C(=O)C(=C(O)c3cccc(OCC)c3)C2c2ccc(C(=O)OC)cc2)nc1C. The van der Waals surface area contributed by atoms with E-state index in [0.717, 1.165) is 16.2 Å². The van der Waals surface area contributed by atoms with Crippen molar-refractivity contribution in [2.45, 2.75) is 19.9 Å². The fraction of sp³-hybridized carbons (Fsp3) is 0.207. The molecule has 1 aliphatic rings. The largest absolute Gasteiger partial charge is 0.507 e. The van der Waals surface area contributed by atoms with Crippen molar-refractivity contribution in [1.29, 1.82) is 0 Å². The molecule has 2 heterocycles. The average molecular weight is 563 g/mol. The van der Waals surface area contributed by atoms with Crippen molar-refractivity contribution in [3.05, 3.63) is 94.0 Å². The van der Waals surface area contributed by atoms with E-state index >= 15 is 0 Å². The summed E-state index contributed by atoms with van der Waals surface area (Å²) in [5, 5.41) is 11.4. The number of nitrogens with zero attached hydrogens (tertiary/aromatic N) is 2. The van der Waals surface area contributed by atoms with E-state index in [0.29, 0.717) is 23.6 Å². The Labute approximate surface area is 234 Å². The van der Waals surface area contributed by atoms with Crippen LogP contribution in [0, 0.1) is 6.92 Å². The highest BCUT2D eigenvalue weighted by molar-refractivity contribution is 7.17. The minimum atomic E-state index is -1.12. The molecule has 206 valence electrons. The number of ether oxygens (including phenoxy) is 3. The summed E-state index contributed by atoms with van der Waals surface area (Å²) in [5.74, 6) is -3.04. The normalized spacial score (nSPS) is 16.1. The third-order valence-corrected chi connectivity index (χ3v) is 7.16. The number of benzene rings is 2. The Morgan fingerprint density at radius 2 is 1.85 bits per heavy atom. The molecule has 11 heteroatoms. The van der Waals surface area contributed by atoms with Gasteiger partial charge in [-0.1, -0.05) is 48.3 Å². The summed E-state index contributed by atoms with van der Waals surface area (Å²) in [5.41, 5.74) is 1.06. The molecule has 0 bridgehead atoms. The highest BCUT2D eigenvalue weighted by Crippen LogP contribution is 2.44. The van der Waals surface area contributed by atoms with E-state index in [2.05, 4.69) is 11.6 Å². The number of carbonyl (C=O) groups excluding carboxylic acids is 4. The molecule has 1 aromatic heterocycles. The standard InChI is InChI=1S/C29H26N2O8S/c1-5-14-39-28(36)25-16(3)30-29(40-25)31-22(17-10-12-18(13-11-17)27(35)37-4)21(24(33)26(31)34)23(32)19-8-7-9-20(15-19)38-6-2/h5,7-13,15,22,32H,1,6,14H2,2-4H3.